The second-order valence-corrected chi connectivity index (χ2v) is 9.41. The molecule has 0 saturated carbocycles. The molecule has 5 heterocycles. The highest BCUT2D eigenvalue weighted by Gasteiger charge is 2.36. The van der Waals surface area contributed by atoms with Gasteiger partial charge in [0.1, 0.15) is 12.4 Å². The fourth-order valence-corrected chi connectivity index (χ4v) is 4.52. The molecule has 8 nitrogen and oxygen atoms in total. The molecule has 0 bridgehead atoms. The number of halogens is 2. The molecule has 0 fully saturated rings. The van der Waals surface area contributed by atoms with E-state index in [1.54, 1.807) is 6.20 Å². The first-order chi connectivity index (χ1) is 16.4. The first-order valence-electron chi connectivity index (χ1n) is 10.9. The Balaban J connectivity index is 1.39. The monoisotopic (exact) mass is 477 g/mol. The number of aromatic amines is 1. The van der Waals surface area contributed by atoms with Crippen LogP contribution >= 0.6 is 11.6 Å². The standard InChI is InChI=1S/C24H21ClFN7O/c1-24(2)12-34-23-30-19-21(28-6-5-13-10-29-18-4-3-15(25)8-17(13)18)31-20(32-22(19)33(23)24)14-7-16(26)11-27-9-14/h3-4,7-11,29H,5-6,12H2,1-2H3,(H,28,31,32). The number of pyridine rings is 1. The summed E-state index contributed by atoms with van der Waals surface area (Å²) in [7, 11) is 0. The number of hydrogen-bond donors (Lipinski definition) is 2. The predicted molar refractivity (Wildman–Crippen MR) is 129 cm³/mol. The quantitative estimate of drug-likeness (QED) is 0.372. The average molecular weight is 478 g/mol. The van der Waals surface area contributed by atoms with E-state index < -0.39 is 5.82 Å². The lowest BCUT2D eigenvalue weighted by Gasteiger charge is -2.18. The number of anilines is 1. The molecule has 0 spiro atoms. The summed E-state index contributed by atoms with van der Waals surface area (Å²) in [5, 5.41) is 5.19. The normalized spacial score (nSPS) is 14.5. The van der Waals surface area contributed by atoms with Gasteiger partial charge in [0.2, 0.25) is 0 Å². The number of rotatable bonds is 5. The number of imidazole rings is 1. The van der Waals surface area contributed by atoms with Crippen LogP contribution in [0.25, 0.3) is 33.5 Å². The van der Waals surface area contributed by atoms with Crippen LogP contribution in [-0.2, 0) is 12.0 Å². The van der Waals surface area contributed by atoms with Crippen molar-refractivity contribution >= 4 is 39.5 Å². The van der Waals surface area contributed by atoms with Gasteiger partial charge in [0.15, 0.2) is 22.8 Å². The average Bonchev–Trinajstić information content (AvgIpc) is 3.47. The van der Waals surface area contributed by atoms with Crippen molar-refractivity contribution in [3.63, 3.8) is 0 Å². The van der Waals surface area contributed by atoms with Crippen LogP contribution < -0.4 is 10.1 Å². The van der Waals surface area contributed by atoms with Gasteiger partial charge in [-0.15, -0.1) is 0 Å². The molecule has 0 aliphatic carbocycles. The molecule has 1 aliphatic rings. The first-order valence-corrected chi connectivity index (χ1v) is 11.3. The van der Waals surface area contributed by atoms with Crippen LogP contribution in [0.1, 0.15) is 19.4 Å². The van der Waals surface area contributed by atoms with Gasteiger partial charge in [-0.2, -0.15) is 4.98 Å². The SMILES string of the molecule is CC1(C)COc2nc3c(NCCc4c[nH]c5ccc(Cl)cc45)nc(-c4cncc(F)c4)nc3n21. The Hall–Kier alpha value is -3.72. The summed E-state index contributed by atoms with van der Waals surface area (Å²) >= 11 is 6.19. The van der Waals surface area contributed by atoms with Crippen molar-refractivity contribution in [3.8, 4) is 17.4 Å². The van der Waals surface area contributed by atoms with Crippen molar-refractivity contribution in [2.45, 2.75) is 25.8 Å². The van der Waals surface area contributed by atoms with Gasteiger partial charge >= 0.3 is 0 Å². The molecule has 6 rings (SSSR count). The van der Waals surface area contributed by atoms with E-state index in [0.717, 1.165) is 29.1 Å². The van der Waals surface area contributed by atoms with Crippen LogP contribution in [0.4, 0.5) is 10.2 Å². The highest BCUT2D eigenvalue weighted by atomic mass is 35.5. The van der Waals surface area contributed by atoms with Gasteiger partial charge in [-0.3, -0.25) is 9.55 Å². The van der Waals surface area contributed by atoms with Crippen molar-refractivity contribution in [1.29, 1.82) is 0 Å². The minimum absolute atomic E-state index is 0.323. The minimum Gasteiger partial charge on any atom is -0.462 e. The van der Waals surface area contributed by atoms with Gasteiger partial charge in [-0.25, -0.2) is 14.4 Å². The Morgan fingerprint density at radius 1 is 1.21 bits per heavy atom. The van der Waals surface area contributed by atoms with E-state index in [1.807, 2.05) is 29.0 Å². The lowest BCUT2D eigenvalue weighted by molar-refractivity contribution is 0.268. The van der Waals surface area contributed by atoms with Crippen LogP contribution in [-0.4, -0.2) is 42.6 Å². The maximum atomic E-state index is 13.9. The van der Waals surface area contributed by atoms with Gasteiger partial charge in [0.25, 0.3) is 6.01 Å². The number of hydrogen-bond acceptors (Lipinski definition) is 6. The summed E-state index contributed by atoms with van der Waals surface area (Å²) in [5.41, 5.74) is 3.59. The molecule has 1 aromatic carbocycles. The van der Waals surface area contributed by atoms with Crippen LogP contribution in [0.5, 0.6) is 6.01 Å². The highest BCUT2D eigenvalue weighted by molar-refractivity contribution is 6.31. The third-order valence-corrected chi connectivity index (χ3v) is 6.25. The van der Waals surface area contributed by atoms with E-state index in [0.29, 0.717) is 52.6 Å². The summed E-state index contributed by atoms with van der Waals surface area (Å²) in [5.74, 6) is 0.477. The van der Waals surface area contributed by atoms with E-state index in [-0.39, 0.29) is 5.54 Å². The van der Waals surface area contributed by atoms with Crippen LogP contribution in [0.3, 0.4) is 0 Å². The molecular weight excluding hydrogens is 457 g/mol. The largest absolute Gasteiger partial charge is 0.462 e. The second kappa shape index (κ2) is 7.66. The van der Waals surface area contributed by atoms with Gasteiger partial charge in [-0.1, -0.05) is 11.6 Å². The Labute approximate surface area is 199 Å². The third-order valence-electron chi connectivity index (χ3n) is 6.02. The molecule has 0 amide bonds. The molecule has 2 N–H and O–H groups in total. The highest BCUT2D eigenvalue weighted by Crippen LogP contribution is 2.37. The molecule has 0 unspecified atom stereocenters. The molecule has 1 aliphatic heterocycles. The number of H-pyrrole nitrogens is 1. The second-order valence-electron chi connectivity index (χ2n) is 8.97. The first kappa shape index (κ1) is 20.9. The summed E-state index contributed by atoms with van der Waals surface area (Å²) in [6.07, 6.45) is 5.43. The fraction of sp³-hybridized carbons (Fsp3) is 0.250. The predicted octanol–water partition coefficient (Wildman–Crippen LogP) is 4.94. The summed E-state index contributed by atoms with van der Waals surface area (Å²) in [4.78, 5) is 21.3. The molecule has 0 radical (unpaired) electrons. The number of nitrogens with one attached hydrogen (secondary N) is 2. The van der Waals surface area contributed by atoms with Crippen molar-refractivity contribution in [2.75, 3.05) is 18.5 Å². The van der Waals surface area contributed by atoms with E-state index in [4.69, 9.17) is 21.3 Å². The van der Waals surface area contributed by atoms with Crippen LogP contribution in [0.2, 0.25) is 5.02 Å². The smallest absolute Gasteiger partial charge is 0.299 e. The minimum atomic E-state index is -0.448. The molecule has 10 heteroatoms. The lowest BCUT2D eigenvalue weighted by atomic mass is 10.1. The summed E-state index contributed by atoms with van der Waals surface area (Å²) < 4.78 is 21.7. The maximum Gasteiger partial charge on any atom is 0.299 e. The molecule has 5 aromatic rings. The number of nitrogens with zero attached hydrogens (tertiary/aromatic N) is 5. The molecule has 0 atom stereocenters. The van der Waals surface area contributed by atoms with Gasteiger partial charge < -0.3 is 15.0 Å². The van der Waals surface area contributed by atoms with E-state index >= 15 is 0 Å². The summed E-state index contributed by atoms with van der Waals surface area (Å²) in [6.45, 7) is 5.22. The fourth-order valence-electron chi connectivity index (χ4n) is 4.35. The van der Waals surface area contributed by atoms with Crippen LogP contribution in [0.15, 0.2) is 42.9 Å². The zero-order chi connectivity index (χ0) is 23.4. The van der Waals surface area contributed by atoms with Crippen molar-refractivity contribution in [1.82, 2.24) is 29.5 Å². The number of fused-ring (bicyclic) bond motifs is 4. The Kier molecular flexibility index (Phi) is 4.70. The van der Waals surface area contributed by atoms with E-state index in [1.165, 1.54) is 6.07 Å². The number of ether oxygens (including phenoxy) is 1. The number of aromatic nitrogens is 6. The third kappa shape index (κ3) is 3.43. The molecule has 34 heavy (non-hydrogen) atoms. The van der Waals surface area contributed by atoms with E-state index in [9.17, 15) is 4.39 Å². The van der Waals surface area contributed by atoms with Gasteiger partial charge in [-0.05, 0) is 50.1 Å². The molecule has 4 aromatic heterocycles. The van der Waals surface area contributed by atoms with Crippen molar-refractivity contribution < 1.29 is 9.13 Å². The molecule has 172 valence electrons. The maximum absolute atomic E-state index is 13.9. The van der Waals surface area contributed by atoms with Gasteiger partial charge in [0.05, 0.1) is 11.7 Å². The topological polar surface area (TPSA) is 93.5 Å². The number of benzene rings is 1. The zero-order valence-electron chi connectivity index (χ0n) is 18.6. The van der Waals surface area contributed by atoms with Crippen LogP contribution in [0, 0.1) is 5.82 Å². The Morgan fingerprint density at radius 3 is 2.94 bits per heavy atom. The lowest BCUT2D eigenvalue weighted by Crippen LogP contribution is -2.25. The van der Waals surface area contributed by atoms with Crippen molar-refractivity contribution in [3.05, 3.63) is 59.3 Å². The van der Waals surface area contributed by atoms with Crippen molar-refractivity contribution in [2.24, 2.45) is 0 Å². The Bertz CT molecular complexity index is 1560. The molecular formula is C24H21ClFN7O. The summed E-state index contributed by atoms with van der Waals surface area (Å²) in [6, 6.07) is 7.66. The molecule has 0 saturated heterocycles. The Morgan fingerprint density at radius 2 is 2.09 bits per heavy atom. The zero-order valence-corrected chi connectivity index (χ0v) is 19.3. The van der Waals surface area contributed by atoms with E-state index in [2.05, 4.69) is 39.1 Å². The van der Waals surface area contributed by atoms with Gasteiger partial charge in [0, 0.05) is 40.4 Å².